The van der Waals surface area contributed by atoms with Gasteiger partial charge >= 0.3 is 0 Å². The molecule has 2 bridgehead atoms. The smallest absolute Gasteiger partial charge is 0.268 e. The Balaban J connectivity index is 2.30. The lowest BCUT2D eigenvalue weighted by molar-refractivity contribution is -0.128. The Morgan fingerprint density at radius 3 is 2.39 bits per heavy atom. The third-order valence-corrected chi connectivity index (χ3v) is 6.43. The van der Waals surface area contributed by atoms with Crippen molar-refractivity contribution < 1.29 is 17.4 Å². The highest BCUT2D eigenvalue weighted by atomic mass is 32.2. The topological polar surface area (TPSA) is 60.4 Å². The maximum Gasteiger partial charge on any atom is 0.268 e. The number of Topliss-reactive ketones (excluding diaryl/α,β-unsaturated/α-hetero) is 1. The van der Waals surface area contributed by atoms with Crippen LogP contribution in [0.4, 0.5) is 0 Å². The van der Waals surface area contributed by atoms with Crippen molar-refractivity contribution in [3.63, 3.8) is 0 Å². The van der Waals surface area contributed by atoms with Gasteiger partial charge in [0, 0.05) is 6.42 Å². The van der Waals surface area contributed by atoms with Gasteiger partial charge in [0.25, 0.3) is 10.1 Å². The highest BCUT2D eigenvalue weighted by molar-refractivity contribution is 7.86. The van der Waals surface area contributed by atoms with E-state index >= 15 is 0 Å². The van der Waals surface area contributed by atoms with Crippen molar-refractivity contribution in [1.82, 2.24) is 0 Å². The molecule has 0 heterocycles. The molecule has 0 aliphatic heterocycles. The quantitative estimate of drug-likeness (QED) is 0.737. The molecule has 2 saturated carbocycles. The zero-order valence-electron chi connectivity index (χ0n) is 11.5. The molecule has 0 aromatic carbocycles. The van der Waals surface area contributed by atoms with Gasteiger partial charge in [-0.15, -0.1) is 0 Å². The van der Waals surface area contributed by atoms with Crippen molar-refractivity contribution >= 4 is 15.9 Å². The largest absolute Gasteiger partial charge is 0.299 e. The fourth-order valence-corrected chi connectivity index (χ4v) is 5.67. The van der Waals surface area contributed by atoms with Gasteiger partial charge in [-0.3, -0.25) is 8.98 Å². The first-order valence-electron chi connectivity index (χ1n) is 6.55. The van der Waals surface area contributed by atoms with Crippen LogP contribution in [0.2, 0.25) is 0 Å². The molecule has 2 aliphatic carbocycles. The van der Waals surface area contributed by atoms with Crippen molar-refractivity contribution in [1.29, 1.82) is 0 Å². The number of carbonyl (C=O) groups excluding carboxylic acids is 1. The first-order valence-corrected chi connectivity index (χ1v) is 8.13. The molecule has 0 aromatic rings. The van der Waals surface area contributed by atoms with E-state index in [1.165, 1.54) is 0 Å². The van der Waals surface area contributed by atoms with E-state index in [1.807, 2.05) is 13.8 Å². The average molecular weight is 274 g/mol. The highest BCUT2D eigenvalue weighted by Crippen LogP contribution is 2.64. The van der Waals surface area contributed by atoms with Crippen LogP contribution in [0.3, 0.4) is 0 Å². The average Bonchev–Trinajstić information content (AvgIpc) is 2.48. The molecule has 5 heteroatoms. The molecule has 4 nitrogen and oxygen atoms in total. The Morgan fingerprint density at radius 2 is 2.00 bits per heavy atom. The van der Waals surface area contributed by atoms with Crippen LogP contribution in [-0.4, -0.2) is 26.1 Å². The first-order chi connectivity index (χ1) is 8.11. The van der Waals surface area contributed by atoms with Gasteiger partial charge in [0.2, 0.25) is 0 Å². The molecule has 0 amide bonds. The SMILES string of the molecule is CC(C)OS(=O)(=O)C[C@@]12CC[C@@H](CC1=O)C2(C)C. The standard InChI is InChI=1S/C13H22O4S/c1-9(2)17-18(15,16)8-13-6-5-10(7-11(13)14)12(13,3)4/h9-10H,5-8H2,1-4H3/t10-,13-/m0/s1. The minimum atomic E-state index is -3.63. The normalized spacial score (nSPS) is 34.5. The molecule has 0 spiro atoms. The van der Waals surface area contributed by atoms with Crippen LogP contribution in [0.15, 0.2) is 0 Å². The molecule has 0 unspecified atom stereocenters. The number of fused-ring (bicyclic) bond motifs is 2. The number of ketones is 1. The summed E-state index contributed by atoms with van der Waals surface area (Å²) >= 11 is 0. The van der Waals surface area contributed by atoms with Gasteiger partial charge in [-0.25, -0.2) is 0 Å². The molecule has 2 rings (SSSR count). The minimum absolute atomic E-state index is 0.111. The summed E-state index contributed by atoms with van der Waals surface area (Å²) < 4.78 is 29.1. The van der Waals surface area contributed by atoms with E-state index in [4.69, 9.17) is 4.18 Å². The molecular formula is C13H22O4S. The van der Waals surface area contributed by atoms with Crippen LogP contribution in [0.25, 0.3) is 0 Å². The third-order valence-electron chi connectivity index (χ3n) is 4.90. The maximum absolute atomic E-state index is 12.2. The second-order valence-electron chi connectivity index (χ2n) is 6.51. The van der Waals surface area contributed by atoms with E-state index in [-0.39, 0.29) is 23.1 Å². The van der Waals surface area contributed by atoms with Crippen molar-refractivity contribution in [2.24, 2.45) is 16.7 Å². The zero-order chi connectivity index (χ0) is 13.8. The summed E-state index contributed by atoms with van der Waals surface area (Å²) in [5.74, 6) is 0.291. The molecule has 0 N–H and O–H groups in total. The molecule has 2 aliphatic rings. The predicted octanol–water partition coefficient (Wildman–Crippen LogP) is 2.14. The minimum Gasteiger partial charge on any atom is -0.299 e. The summed E-state index contributed by atoms with van der Waals surface area (Å²) in [5, 5.41) is 0. The van der Waals surface area contributed by atoms with Crippen molar-refractivity contribution in [2.45, 2.75) is 53.1 Å². The molecule has 2 atom stereocenters. The Bertz CT molecular complexity index is 463. The lowest BCUT2D eigenvalue weighted by Crippen LogP contribution is -2.42. The predicted molar refractivity (Wildman–Crippen MR) is 68.6 cm³/mol. The van der Waals surface area contributed by atoms with E-state index in [0.717, 1.165) is 6.42 Å². The highest BCUT2D eigenvalue weighted by Gasteiger charge is 2.65. The summed E-state index contributed by atoms with van der Waals surface area (Å²) in [4.78, 5) is 12.2. The van der Waals surface area contributed by atoms with Gasteiger partial charge < -0.3 is 0 Å². The number of carbonyl (C=O) groups is 1. The van der Waals surface area contributed by atoms with Crippen molar-refractivity contribution in [3.8, 4) is 0 Å². The van der Waals surface area contributed by atoms with E-state index in [0.29, 0.717) is 18.8 Å². The van der Waals surface area contributed by atoms with Crippen LogP contribution in [0.5, 0.6) is 0 Å². The molecule has 0 saturated heterocycles. The Labute approximate surface area is 109 Å². The Kier molecular flexibility index (Phi) is 3.14. The molecule has 0 aromatic heterocycles. The summed E-state index contributed by atoms with van der Waals surface area (Å²) in [6.45, 7) is 7.43. The molecular weight excluding hydrogens is 252 g/mol. The fraction of sp³-hybridized carbons (Fsp3) is 0.923. The van der Waals surface area contributed by atoms with Crippen LogP contribution in [0.1, 0.15) is 47.0 Å². The van der Waals surface area contributed by atoms with Crippen LogP contribution in [0, 0.1) is 16.7 Å². The van der Waals surface area contributed by atoms with Gasteiger partial charge in [0.15, 0.2) is 0 Å². The van der Waals surface area contributed by atoms with Gasteiger partial charge in [-0.2, -0.15) is 8.42 Å². The second kappa shape index (κ2) is 4.04. The fourth-order valence-electron chi connectivity index (χ4n) is 3.74. The maximum atomic E-state index is 12.2. The van der Waals surface area contributed by atoms with Crippen LogP contribution in [-0.2, 0) is 19.1 Å². The first kappa shape index (κ1) is 14.0. The molecule has 104 valence electrons. The number of hydrogen-bond donors (Lipinski definition) is 0. The van der Waals surface area contributed by atoms with Gasteiger partial charge in [-0.1, -0.05) is 13.8 Å². The summed E-state index contributed by atoms with van der Waals surface area (Å²) in [6, 6.07) is 0. The summed E-state index contributed by atoms with van der Waals surface area (Å²) in [7, 11) is -3.63. The van der Waals surface area contributed by atoms with Crippen molar-refractivity contribution in [3.05, 3.63) is 0 Å². The Hall–Kier alpha value is -0.420. The summed E-state index contributed by atoms with van der Waals surface area (Å²) in [5.41, 5.74) is -0.942. The lowest BCUT2D eigenvalue weighted by atomic mass is 9.70. The van der Waals surface area contributed by atoms with E-state index in [9.17, 15) is 13.2 Å². The molecule has 2 fully saturated rings. The van der Waals surface area contributed by atoms with Gasteiger partial charge in [-0.05, 0) is 38.0 Å². The van der Waals surface area contributed by atoms with Crippen LogP contribution < -0.4 is 0 Å². The van der Waals surface area contributed by atoms with Gasteiger partial charge in [0.1, 0.15) is 5.78 Å². The number of rotatable bonds is 4. The monoisotopic (exact) mass is 274 g/mol. The van der Waals surface area contributed by atoms with Gasteiger partial charge in [0.05, 0.1) is 17.3 Å². The molecule has 0 radical (unpaired) electrons. The zero-order valence-corrected chi connectivity index (χ0v) is 12.3. The number of hydrogen-bond acceptors (Lipinski definition) is 4. The van der Waals surface area contributed by atoms with Crippen LogP contribution >= 0.6 is 0 Å². The lowest BCUT2D eigenvalue weighted by Gasteiger charge is -2.35. The Morgan fingerprint density at radius 1 is 1.39 bits per heavy atom. The second-order valence-corrected chi connectivity index (χ2v) is 8.11. The van der Waals surface area contributed by atoms with E-state index in [2.05, 4.69) is 0 Å². The summed E-state index contributed by atoms with van der Waals surface area (Å²) in [6.07, 6.45) is 1.80. The third kappa shape index (κ3) is 1.92. The van der Waals surface area contributed by atoms with E-state index in [1.54, 1.807) is 13.8 Å². The van der Waals surface area contributed by atoms with E-state index < -0.39 is 15.5 Å². The molecule has 18 heavy (non-hydrogen) atoms. The van der Waals surface area contributed by atoms with Crippen molar-refractivity contribution in [2.75, 3.05) is 5.75 Å².